The Bertz CT molecular complexity index is 487. The molecule has 1 atom stereocenters. The van der Waals surface area contributed by atoms with Crippen LogP contribution in [0.3, 0.4) is 0 Å². The van der Waals surface area contributed by atoms with E-state index in [0.717, 1.165) is 17.7 Å². The number of benzene rings is 1. The molecule has 0 aromatic heterocycles. The number of hydrogen-bond donors (Lipinski definition) is 2. The van der Waals surface area contributed by atoms with Crippen molar-refractivity contribution in [2.75, 3.05) is 18.4 Å². The Morgan fingerprint density at radius 2 is 2.11 bits per heavy atom. The highest BCUT2D eigenvalue weighted by Crippen LogP contribution is 2.19. The third kappa shape index (κ3) is 3.24. The minimum absolute atomic E-state index is 0.222. The highest BCUT2D eigenvalue weighted by Gasteiger charge is 2.28. The summed E-state index contributed by atoms with van der Waals surface area (Å²) in [5.41, 5.74) is 1.76. The molecule has 5 nitrogen and oxygen atoms in total. The number of nitrogens with zero attached hydrogens (tertiary/aromatic N) is 1. The van der Waals surface area contributed by atoms with E-state index in [9.17, 15) is 9.59 Å². The second-order valence-corrected chi connectivity index (χ2v) is 4.87. The van der Waals surface area contributed by atoms with E-state index in [1.165, 1.54) is 0 Å². The summed E-state index contributed by atoms with van der Waals surface area (Å²) in [6, 6.07) is 7.31. The van der Waals surface area contributed by atoms with Gasteiger partial charge in [0.05, 0.1) is 5.92 Å². The van der Waals surface area contributed by atoms with Gasteiger partial charge in [0.25, 0.3) is 0 Å². The zero-order valence-corrected chi connectivity index (χ0v) is 10.9. The van der Waals surface area contributed by atoms with Gasteiger partial charge in [0, 0.05) is 18.8 Å². The molecular weight excluding hydrogens is 244 g/mol. The number of carboxylic acids is 1. The number of aryl methyl sites for hydroxylation is 1. The molecule has 0 unspecified atom stereocenters. The van der Waals surface area contributed by atoms with Gasteiger partial charge in [-0.15, -0.1) is 0 Å². The fraction of sp³-hybridized carbons (Fsp3) is 0.429. The monoisotopic (exact) mass is 262 g/mol. The van der Waals surface area contributed by atoms with Crippen LogP contribution in [-0.2, 0) is 4.79 Å². The molecule has 0 radical (unpaired) electrons. The lowest BCUT2D eigenvalue weighted by Gasteiger charge is -2.30. The van der Waals surface area contributed by atoms with Gasteiger partial charge in [-0.05, 0) is 31.4 Å². The predicted octanol–water partition coefficient (Wildman–Crippen LogP) is 2.32. The lowest BCUT2D eigenvalue weighted by Crippen LogP contribution is -2.44. The highest BCUT2D eigenvalue weighted by molar-refractivity contribution is 5.90. The van der Waals surface area contributed by atoms with E-state index in [2.05, 4.69) is 5.32 Å². The van der Waals surface area contributed by atoms with Crippen LogP contribution in [0.5, 0.6) is 0 Å². The summed E-state index contributed by atoms with van der Waals surface area (Å²) in [5, 5.41) is 11.8. The molecule has 0 saturated carbocycles. The van der Waals surface area contributed by atoms with E-state index in [-0.39, 0.29) is 12.6 Å². The maximum absolute atomic E-state index is 12.1. The fourth-order valence-corrected chi connectivity index (χ4v) is 2.27. The Morgan fingerprint density at radius 1 is 1.37 bits per heavy atom. The first-order chi connectivity index (χ1) is 9.08. The summed E-state index contributed by atoms with van der Waals surface area (Å²) in [6.45, 7) is 2.82. The first-order valence-electron chi connectivity index (χ1n) is 6.42. The van der Waals surface area contributed by atoms with Gasteiger partial charge in [0.1, 0.15) is 0 Å². The number of amides is 2. The Morgan fingerprint density at radius 3 is 2.79 bits per heavy atom. The van der Waals surface area contributed by atoms with Crippen LogP contribution in [0.2, 0.25) is 0 Å². The lowest BCUT2D eigenvalue weighted by molar-refractivity contribution is -0.143. The molecule has 2 N–H and O–H groups in total. The molecule has 0 aliphatic carbocycles. The van der Waals surface area contributed by atoms with Gasteiger partial charge in [0.15, 0.2) is 0 Å². The van der Waals surface area contributed by atoms with Crippen LogP contribution >= 0.6 is 0 Å². The summed E-state index contributed by atoms with van der Waals surface area (Å²) in [5.74, 6) is -1.27. The Labute approximate surface area is 112 Å². The van der Waals surface area contributed by atoms with Gasteiger partial charge in [-0.25, -0.2) is 4.79 Å². The van der Waals surface area contributed by atoms with Crippen LogP contribution < -0.4 is 5.32 Å². The predicted molar refractivity (Wildman–Crippen MR) is 72.1 cm³/mol. The molecule has 2 amide bonds. The number of urea groups is 1. The van der Waals surface area contributed by atoms with E-state index < -0.39 is 11.9 Å². The number of carbonyl (C=O) groups excluding carboxylic acids is 1. The van der Waals surface area contributed by atoms with E-state index in [0.29, 0.717) is 13.0 Å². The third-order valence-corrected chi connectivity index (χ3v) is 3.44. The summed E-state index contributed by atoms with van der Waals surface area (Å²) in [4.78, 5) is 24.7. The minimum atomic E-state index is -0.826. The molecule has 1 aliphatic rings. The van der Waals surface area contributed by atoms with Crippen molar-refractivity contribution in [3.63, 3.8) is 0 Å². The van der Waals surface area contributed by atoms with E-state index in [1.807, 2.05) is 31.2 Å². The summed E-state index contributed by atoms with van der Waals surface area (Å²) in [7, 11) is 0. The average molecular weight is 262 g/mol. The number of rotatable bonds is 2. The normalized spacial score (nSPS) is 19.0. The van der Waals surface area contributed by atoms with Gasteiger partial charge in [0.2, 0.25) is 0 Å². The van der Waals surface area contributed by atoms with Crippen LogP contribution in [0.15, 0.2) is 24.3 Å². The molecule has 5 heteroatoms. The minimum Gasteiger partial charge on any atom is -0.481 e. The number of piperidine rings is 1. The second-order valence-electron chi connectivity index (χ2n) is 4.87. The van der Waals surface area contributed by atoms with Crippen molar-refractivity contribution in [3.05, 3.63) is 29.8 Å². The van der Waals surface area contributed by atoms with E-state index in [4.69, 9.17) is 5.11 Å². The van der Waals surface area contributed by atoms with Crippen molar-refractivity contribution in [1.82, 2.24) is 4.90 Å². The number of aliphatic carboxylic acids is 1. The molecule has 1 saturated heterocycles. The molecule has 2 rings (SSSR count). The quantitative estimate of drug-likeness (QED) is 0.859. The zero-order valence-electron chi connectivity index (χ0n) is 10.9. The van der Waals surface area contributed by atoms with Crippen molar-refractivity contribution >= 4 is 17.7 Å². The van der Waals surface area contributed by atoms with Crippen LogP contribution in [-0.4, -0.2) is 35.1 Å². The fourth-order valence-electron chi connectivity index (χ4n) is 2.27. The Hall–Kier alpha value is -2.04. The summed E-state index contributed by atoms with van der Waals surface area (Å²) in [6.07, 6.45) is 1.38. The van der Waals surface area contributed by atoms with Crippen molar-refractivity contribution in [2.45, 2.75) is 19.8 Å². The van der Waals surface area contributed by atoms with E-state index in [1.54, 1.807) is 4.90 Å². The summed E-state index contributed by atoms with van der Waals surface area (Å²) < 4.78 is 0. The smallest absolute Gasteiger partial charge is 0.321 e. The van der Waals surface area contributed by atoms with Gasteiger partial charge < -0.3 is 15.3 Å². The summed E-state index contributed by atoms with van der Waals surface area (Å²) >= 11 is 0. The van der Waals surface area contributed by atoms with Crippen molar-refractivity contribution in [1.29, 1.82) is 0 Å². The van der Waals surface area contributed by atoms with Gasteiger partial charge in [-0.1, -0.05) is 18.2 Å². The average Bonchev–Trinajstić information content (AvgIpc) is 2.41. The molecule has 0 spiro atoms. The molecule has 102 valence electrons. The molecule has 1 aromatic carbocycles. The SMILES string of the molecule is Cc1ccccc1NC(=O)N1CCC[C@H](C(=O)O)C1. The molecule has 19 heavy (non-hydrogen) atoms. The maximum atomic E-state index is 12.1. The highest BCUT2D eigenvalue weighted by atomic mass is 16.4. The van der Waals surface area contributed by atoms with Crippen molar-refractivity contribution < 1.29 is 14.7 Å². The van der Waals surface area contributed by atoms with Crippen molar-refractivity contribution in [2.24, 2.45) is 5.92 Å². The molecule has 1 aliphatic heterocycles. The number of likely N-dealkylation sites (tertiary alicyclic amines) is 1. The van der Waals surface area contributed by atoms with Gasteiger partial charge in [-0.2, -0.15) is 0 Å². The molecule has 1 heterocycles. The van der Waals surface area contributed by atoms with E-state index >= 15 is 0 Å². The third-order valence-electron chi connectivity index (χ3n) is 3.44. The lowest BCUT2D eigenvalue weighted by atomic mass is 9.99. The largest absolute Gasteiger partial charge is 0.481 e. The first kappa shape index (κ1) is 13.4. The zero-order chi connectivity index (χ0) is 13.8. The number of para-hydroxylation sites is 1. The van der Waals surface area contributed by atoms with Crippen LogP contribution in [0.4, 0.5) is 10.5 Å². The molecule has 1 fully saturated rings. The van der Waals surface area contributed by atoms with Gasteiger partial charge in [-0.3, -0.25) is 4.79 Å². The maximum Gasteiger partial charge on any atom is 0.321 e. The van der Waals surface area contributed by atoms with Crippen LogP contribution in [0.25, 0.3) is 0 Å². The molecular formula is C14H18N2O3. The Balaban J connectivity index is 2.00. The molecule has 0 bridgehead atoms. The number of carboxylic acid groups (broad SMARTS) is 1. The number of anilines is 1. The van der Waals surface area contributed by atoms with Crippen LogP contribution in [0.1, 0.15) is 18.4 Å². The molecule has 1 aromatic rings. The standard InChI is InChI=1S/C14H18N2O3/c1-10-5-2-3-7-12(10)15-14(19)16-8-4-6-11(9-16)13(17)18/h2-3,5,7,11H,4,6,8-9H2,1H3,(H,15,19)(H,17,18)/t11-/m0/s1. The van der Waals surface area contributed by atoms with Crippen LogP contribution in [0, 0.1) is 12.8 Å². The first-order valence-corrected chi connectivity index (χ1v) is 6.42. The van der Waals surface area contributed by atoms with Gasteiger partial charge >= 0.3 is 12.0 Å². The topological polar surface area (TPSA) is 69.6 Å². The number of hydrogen-bond acceptors (Lipinski definition) is 2. The second kappa shape index (κ2) is 5.73. The number of nitrogens with one attached hydrogen (secondary N) is 1. The van der Waals surface area contributed by atoms with Crippen molar-refractivity contribution in [3.8, 4) is 0 Å². The Kier molecular flexibility index (Phi) is 4.04. The number of carbonyl (C=O) groups is 2.